The van der Waals surface area contributed by atoms with E-state index in [1.54, 1.807) is 42.5 Å². The third-order valence-corrected chi connectivity index (χ3v) is 8.18. The first-order chi connectivity index (χ1) is 18.3. The third kappa shape index (κ3) is 7.58. The predicted molar refractivity (Wildman–Crippen MR) is 151 cm³/mol. The Hall–Kier alpha value is -3.36. The number of hydrogen-bond acceptors (Lipinski definition) is 4. The van der Waals surface area contributed by atoms with Gasteiger partial charge >= 0.3 is 0 Å². The Bertz CT molecular complexity index is 1290. The van der Waals surface area contributed by atoms with E-state index in [-0.39, 0.29) is 17.3 Å². The Balaban J connectivity index is 2.00. The number of hydrogen-bond donors (Lipinski definition) is 1. The third-order valence-electron chi connectivity index (χ3n) is 6.14. The second kappa shape index (κ2) is 14.0. The molecular weight excluding hydrogens is 522 g/mol. The number of halogens is 1. The minimum absolute atomic E-state index is 0.0571. The van der Waals surface area contributed by atoms with Crippen LogP contribution in [0.25, 0.3) is 0 Å². The summed E-state index contributed by atoms with van der Waals surface area (Å²) in [6.45, 7) is 4.07. The highest BCUT2D eigenvalue weighted by Crippen LogP contribution is 2.26. The van der Waals surface area contributed by atoms with Gasteiger partial charge in [0.25, 0.3) is 10.0 Å². The molecule has 202 valence electrons. The summed E-state index contributed by atoms with van der Waals surface area (Å²) >= 11 is 6.05. The van der Waals surface area contributed by atoms with Gasteiger partial charge in [-0.2, -0.15) is 0 Å². The zero-order valence-electron chi connectivity index (χ0n) is 21.7. The summed E-state index contributed by atoms with van der Waals surface area (Å²) in [7, 11) is -4.10. The van der Waals surface area contributed by atoms with Gasteiger partial charge in [-0.25, -0.2) is 8.42 Å². The molecule has 0 radical (unpaired) electrons. The topological polar surface area (TPSA) is 86.8 Å². The lowest BCUT2D eigenvalue weighted by Gasteiger charge is -2.33. The summed E-state index contributed by atoms with van der Waals surface area (Å²) in [6.07, 6.45) is 2.13. The van der Waals surface area contributed by atoms with E-state index in [1.807, 2.05) is 44.2 Å². The fourth-order valence-electron chi connectivity index (χ4n) is 4.06. The Kier molecular flexibility index (Phi) is 10.7. The smallest absolute Gasteiger partial charge is 0.264 e. The van der Waals surface area contributed by atoms with Crippen molar-refractivity contribution >= 4 is 39.1 Å². The molecule has 0 fully saturated rings. The molecule has 9 heteroatoms. The molecule has 0 saturated carbocycles. The van der Waals surface area contributed by atoms with Crippen LogP contribution in [0, 0.1) is 0 Å². The molecule has 0 aliphatic carbocycles. The molecule has 0 saturated heterocycles. The van der Waals surface area contributed by atoms with Gasteiger partial charge in [0.2, 0.25) is 11.8 Å². The summed E-state index contributed by atoms with van der Waals surface area (Å²) in [5.74, 6) is -0.741. The van der Waals surface area contributed by atoms with Crippen LogP contribution < -0.4 is 9.62 Å². The first kappa shape index (κ1) is 29.2. The number of unbranched alkanes of at least 4 members (excludes halogenated alkanes) is 1. The summed E-state index contributed by atoms with van der Waals surface area (Å²) in [6, 6.07) is 22.8. The Morgan fingerprint density at radius 3 is 2.08 bits per heavy atom. The number of rotatable bonds is 13. The van der Waals surface area contributed by atoms with Crippen molar-refractivity contribution in [2.75, 3.05) is 17.4 Å². The van der Waals surface area contributed by atoms with Gasteiger partial charge in [-0.15, -0.1) is 0 Å². The van der Waals surface area contributed by atoms with Crippen molar-refractivity contribution in [2.24, 2.45) is 0 Å². The summed E-state index contributed by atoms with van der Waals surface area (Å²) in [5.41, 5.74) is 1.14. The predicted octanol–water partition coefficient (Wildman–Crippen LogP) is 5.26. The van der Waals surface area contributed by atoms with Gasteiger partial charge in [0.15, 0.2) is 0 Å². The van der Waals surface area contributed by atoms with Crippen LogP contribution in [0.3, 0.4) is 0 Å². The van der Waals surface area contributed by atoms with Gasteiger partial charge in [0.05, 0.1) is 10.6 Å². The summed E-state index contributed by atoms with van der Waals surface area (Å²) in [4.78, 5) is 28.6. The molecule has 3 aromatic carbocycles. The highest BCUT2D eigenvalue weighted by molar-refractivity contribution is 7.92. The van der Waals surface area contributed by atoms with Crippen molar-refractivity contribution in [1.29, 1.82) is 0 Å². The summed E-state index contributed by atoms with van der Waals surface area (Å²) < 4.78 is 28.5. The molecule has 0 aromatic heterocycles. The molecule has 0 unspecified atom stereocenters. The van der Waals surface area contributed by atoms with E-state index in [9.17, 15) is 18.0 Å². The highest BCUT2D eigenvalue weighted by Gasteiger charge is 2.33. The molecule has 3 aromatic rings. The minimum Gasteiger partial charge on any atom is -0.354 e. The van der Waals surface area contributed by atoms with Crippen LogP contribution in [0.4, 0.5) is 5.69 Å². The number of sulfonamides is 1. The normalized spacial score (nSPS) is 12.0. The molecule has 1 atom stereocenters. The van der Waals surface area contributed by atoms with E-state index >= 15 is 0 Å². The van der Waals surface area contributed by atoms with E-state index in [1.165, 1.54) is 17.0 Å². The first-order valence-electron chi connectivity index (χ1n) is 12.7. The molecule has 0 aliphatic rings. The maximum Gasteiger partial charge on any atom is 0.264 e. The van der Waals surface area contributed by atoms with Crippen molar-refractivity contribution in [1.82, 2.24) is 10.2 Å². The van der Waals surface area contributed by atoms with E-state index in [0.717, 1.165) is 22.7 Å². The van der Waals surface area contributed by atoms with Crippen LogP contribution in [-0.2, 0) is 26.2 Å². The Morgan fingerprint density at radius 1 is 0.895 bits per heavy atom. The lowest BCUT2D eigenvalue weighted by Crippen LogP contribution is -2.52. The van der Waals surface area contributed by atoms with Gasteiger partial charge in [-0.05, 0) is 54.8 Å². The molecule has 1 N–H and O–H groups in total. The second-order valence-electron chi connectivity index (χ2n) is 8.88. The number of carbonyl (C=O) groups excluding carboxylic acids is 2. The highest BCUT2D eigenvalue weighted by atomic mass is 35.5. The molecule has 0 heterocycles. The molecule has 3 rings (SSSR count). The second-order valence-corrected chi connectivity index (χ2v) is 11.2. The maximum atomic E-state index is 13.9. The van der Waals surface area contributed by atoms with Gasteiger partial charge in [0, 0.05) is 18.1 Å². The van der Waals surface area contributed by atoms with Crippen LogP contribution in [0.15, 0.2) is 89.8 Å². The van der Waals surface area contributed by atoms with Crippen LogP contribution >= 0.6 is 11.6 Å². The number of amides is 2. The number of anilines is 1. The quantitative estimate of drug-likeness (QED) is 0.291. The van der Waals surface area contributed by atoms with E-state index < -0.39 is 28.5 Å². The van der Waals surface area contributed by atoms with Gasteiger partial charge in [0.1, 0.15) is 12.6 Å². The SMILES string of the molecule is CCCCNC(=O)[C@@H](CC)N(Cc1ccccc1)C(=O)CN(c1ccc(Cl)cc1)S(=O)(=O)c1ccccc1. The molecule has 2 amide bonds. The lowest BCUT2D eigenvalue weighted by molar-refractivity contribution is -0.140. The van der Waals surface area contributed by atoms with Crippen molar-refractivity contribution in [3.8, 4) is 0 Å². The van der Waals surface area contributed by atoms with E-state index in [0.29, 0.717) is 23.7 Å². The number of benzene rings is 3. The number of carbonyl (C=O) groups is 2. The van der Waals surface area contributed by atoms with Gasteiger partial charge < -0.3 is 10.2 Å². The Labute approximate surface area is 230 Å². The van der Waals surface area contributed by atoms with E-state index in [2.05, 4.69) is 5.32 Å². The standard InChI is InChI=1S/C29H34ClN3O4S/c1-3-5-20-31-29(35)27(4-2)32(21-23-12-8-6-9-13-23)28(34)22-33(25-18-16-24(30)17-19-25)38(36,37)26-14-10-7-11-15-26/h6-19,27H,3-5,20-22H2,1-2H3,(H,31,35)/t27-/m1/s1. The van der Waals surface area contributed by atoms with Crippen molar-refractivity contribution in [3.63, 3.8) is 0 Å². The van der Waals surface area contributed by atoms with Crippen molar-refractivity contribution < 1.29 is 18.0 Å². The Morgan fingerprint density at radius 2 is 1.50 bits per heavy atom. The van der Waals surface area contributed by atoms with Crippen LogP contribution in [0.2, 0.25) is 5.02 Å². The fraction of sp³-hybridized carbons (Fsp3) is 0.310. The largest absolute Gasteiger partial charge is 0.354 e. The van der Waals surface area contributed by atoms with Crippen LogP contribution in [0.5, 0.6) is 0 Å². The fourth-order valence-corrected chi connectivity index (χ4v) is 5.62. The molecule has 0 bridgehead atoms. The number of nitrogens with one attached hydrogen (secondary N) is 1. The average Bonchev–Trinajstić information content (AvgIpc) is 2.93. The molecule has 7 nitrogen and oxygen atoms in total. The summed E-state index contributed by atoms with van der Waals surface area (Å²) in [5, 5.41) is 3.37. The first-order valence-corrected chi connectivity index (χ1v) is 14.5. The minimum atomic E-state index is -4.10. The molecule has 0 spiro atoms. The van der Waals surface area contributed by atoms with Gasteiger partial charge in [-0.1, -0.05) is 80.4 Å². The molecule has 0 aliphatic heterocycles. The monoisotopic (exact) mass is 555 g/mol. The van der Waals surface area contributed by atoms with Crippen LogP contribution in [0.1, 0.15) is 38.7 Å². The van der Waals surface area contributed by atoms with Crippen molar-refractivity contribution in [3.05, 3.63) is 95.5 Å². The van der Waals surface area contributed by atoms with E-state index in [4.69, 9.17) is 11.6 Å². The lowest BCUT2D eigenvalue weighted by atomic mass is 10.1. The zero-order chi connectivity index (χ0) is 27.5. The average molecular weight is 556 g/mol. The number of nitrogens with zero attached hydrogens (tertiary/aromatic N) is 2. The van der Waals surface area contributed by atoms with Crippen LogP contribution in [-0.4, -0.2) is 44.3 Å². The zero-order valence-corrected chi connectivity index (χ0v) is 23.3. The maximum absolute atomic E-state index is 13.9. The van der Waals surface area contributed by atoms with Crippen molar-refractivity contribution in [2.45, 2.75) is 50.6 Å². The molecular formula is C29H34ClN3O4S. The van der Waals surface area contributed by atoms with Gasteiger partial charge in [-0.3, -0.25) is 13.9 Å². The molecule has 38 heavy (non-hydrogen) atoms.